The van der Waals surface area contributed by atoms with Crippen LogP contribution in [0.4, 0.5) is 0 Å². The zero-order valence-electron chi connectivity index (χ0n) is 9.62. The van der Waals surface area contributed by atoms with E-state index in [1.54, 1.807) is 24.8 Å². The van der Waals surface area contributed by atoms with E-state index in [0.29, 0.717) is 5.56 Å². The summed E-state index contributed by atoms with van der Waals surface area (Å²) in [6.45, 7) is 3.87. The monoisotopic (exact) mass is 231 g/mol. The van der Waals surface area contributed by atoms with Crippen LogP contribution < -0.4 is 5.73 Å². The summed E-state index contributed by atoms with van der Waals surface area (Å²) in [6.07, 6.45) is 4.94. The highest BCUT2D eigenvalue weighted by Gasteiger charge is 2.11. The zero-order valence-corrected chi connectivity index (χ0v) is 9.62. The molecule has 2 aromatic heterocycles. The van der Waals surface area contributed by atoms with E-state index in [1.165, 1.54) is 0 Å². The minimum atomic E-state index is 0.0492. The van der Waals surface area contributed by atoms with Crippen molar-refractivity contribution in [2.45, 2.75) is 13.8 Å². The van der Waals surface area contributed by atoms with Crippen LogP contribution in [0.2, 0.25) is 0 Å². The maximum Gasteiger partial charge on any atom is 0.172 e. The quantitative estimate of drug-likeness (QED) is 0.349. The summed E-state index contributed by atoms with van der Waals surface area (Å²) < 4.78 is 1.86. The average molecular weight is 231 g/mol. The number of aromatic nitrogens is 3. The minimum Gasteiger partial charge on any atom is -0.409 e. The van der Waals surface area contributed by atoms with Crippen LogP contribution in [0.25, 0.3) is 5.69 Å². The summed E-state index contributed by atoms with van der Waals surface area (Å²) in [5.74, 6) is 0.0492. The maximum absolute atomic E-state index is 8.75. The van der Waals surface area contributed by atoms with Gasteiger partial charge in [0.25, 0.3) is 0 Å². The van der Waals surface area contributed by atoms with Gasteiger partial charge in [-0.05, 0) is 19.9 Å². The van der Waals surface area contributed by atoms with E-state index < -0.39 is 0 Å². The van der Waals surface area contributed by atoms with Gasteiger partial charge >= 0.3 is 0 Å². The Morgan fingerprint density at radius 1 is 1.47 bits per heavy atom. The van der Waals surface area contributed by atoms with Crippen LogP contribution in [0.5, 0.6) is 0 Å². The van der Waals surface area contributed by atoms with Crippen LogP contribution in [0.3, 0.4) is 0 Å². The number of pyridine rings is 1. The molecule has 0 aliphatic rings. The number of amidine groups is 1. The van der Waals surface area contributed by atoms with Crippen LogP contribution in [-0.4, -0.2) is 25.6 Å². The third-order valence-electron chi connectivity index (χ3n) is 2.70. The highest BCUT2D eigenvalue weighted by atomic mass is 16.4. The van der Waals surface area contributed by atoms with Gasteiger partial charge in [-0.3, -0.25) is 4.98 Å². The molecule has 0 saturated carbocycles. The Morgan fingerprint density at radius 3 is 2.82 bits per heavy atom. The van der Waals surface area contributed by atoms with Gasteiger partial charge in [-0.25, -0.2) is 4.98 Å². The fourth-order valence-electron chi connectivity index (χ4n) is 1.59. The number of nitrogens with two attached hydrogens (primary N) is 1. The summed E-state index contributed by atoms with van der Waals surface area (Å²) in [6, 6.07) is 1.69. The molecular weight excluding hydrogens is 218 g/mol. The first-order chi connectivity index (χ1) is 8.15. The predicted octanol–water partition coefficient (Wildman–Crippen LogP) is 0.979. The Labute approximate surface area is 98.4 Å². The molecule has 88 valence electrons. The van der Waals surface area contributed by atoms with Crippen molar-refractivity contribution in [1.82, 2.24) is 14.5 Å². The summed E-state index contributed by atoms with van der Waals surface area (Å²) >= 11 is 0. The average Bonchev–Trinajstić information content (AvgIpc) is 2.69. The standard InChI is InChI=1S/C11H13N5O/c1-7-8(2)16(6-14-7)10-5-13-4-3-9(10)11(12)15-17/h3-6,17H,1-2H3,(H2,12,15). The Balaban J connectivity index is 2.64. The van der Waals surface area contributed by atoms with Crippen molar-refractivity contribution < 1.29 is 5.21 Å². The lowest BCUT2D eigenvalue weighted by Crippen LogP contribution is -2.16. The van der Waals surface area contributed by atoms with Crippen molar-refractivity contribution in [3.05, 3.63) is 41.7 Å². The first-order valence-corrected chi connectivity index (χ1v) is 5.08. The molecule has 0 atom stereocenters. The van der Waals surface area contributed by atoms with E-state index >= 15 is 0 Å². The number of rotatable bonds is 2. The van der Waals surface area contributed by atoms with Crippen molar-refractivity contribution in [2.75, 3.05) is 0 Å². The van der Waals surface area contributed by atoms with Gasteiger partial charge in [-0.1, -0.05) is 5.16 Å². The SMILES string of the molecule is Cc1ncn(-c2cnccc2/C(N)=N/O)c1C. The Morgan fingerprint density at radius 2 is 2.24 bits per heavy atom. The molecule has 0 aromatic carbocycles. The molecule has 0 spiro atoms. The van der Waals surface area contributed by atoms with Crippen molar-refractivity contribution >= 4 is 5.84 Å². The second-order valence-corrected chi connectivity index (χ2v) is 3.66. The fourth-order valence-corrected chi connectivity index (χ4v) is 1.59. The van der Waals surface area contributed by atoms with Gasteiger partial charge < -0.3 is 15.5 Å². The van der Waals surface area contributed by atoms with Crippen molar-refractivity contribution in [3.63, 3.8) is 0 Å². The normalized spacial score (nSPS) is 11.8. The molecule has 0 bridgehead atoms. The number of hydrogen-bond donors (Lipinski definition) is 2. The van der Waals surface area contributed by atoms with Crippen LogP contribution in [0.15, 0.2) is 29.9 Å². The second-order valence-electron chi connectivity index (χ2n) is 3.66. The molecule has 2 rings (SSSR count). The van der Waals surface area contributed by atoms with Crippen LogP contribution in [0.1, 0.15) is 17.0 Å². The molecule has 0 saturated heterocycles. The second kappa shape index (κ2) is 4.25. The molecule has 0 fully saturated rings. The zero-order chi connectivity index (χ0) is 12.4. The van der Waals surface area contributed by atoms with Crippen LogP contribution >= 0.6 is 0 Å². The van der Waals surface area contributed by atoms with Crippen LogP contribution in [0, 0.1) is 13.8 Å². The van der Waals surface area contributed by atoms with Gasteiger partial charge in [-0.15, -0.1) is 0 Å². The van der Waals surface area contributed by atoms with E-state index in [2.05, 4.69) is 15.1 Å². The first-order valence-electron chi connectivity index (χ1n) is 5.08. The molecule has 0 aliphatic heterocycles. The highest BCUT2D eigenvalue weighted by Crippen LogP contribution is 2.16. The third-order valence-corrected chi connectivity index (χ3v) is 2.70. The van der Waals surface area contributed by atoms with Gasteiger partial charge in [-0.2, -0.15) is 0 Å². The molecular formula is C11H13N5O. The molecule has 0 aliphatic carbocycles. The van der Waals surface area contributed by atoms with E-state index in [4.69, 9.17) is 10.9 Å². The summed E-state index contributed by atoms with van der Waals surface area (Å²) in [5.41, 5.74) is 8.90. The van der Waals surface area contributed by atoms with E-state index in [1.807, 2.05) is 18.4 Å². The third kappa shape index (κ3) is 1.84. The number of oxime groups is 1. The van der Waals surface area contributed by atoms with Gasteiger partial charge in [0.2, 0.25) is 0 Å². The van der Waals surface area contributed by atoms with Gasteiger partial charge in [0.05, 0.1) is 23.9 Å². The van der Waals surface area contributed by atoms with E-state index in [9.17, 15) is 0 Å². The smallest absolute Gasteiger partial charge is 0.172 e. The number of nitrogens with zero attached hydrogens (tertiary/aromatic N) is 4. The highest BCUT2D eigenvalue weighted by molar-refractivity contribution is 6.00. The van der Waals surface area contributed by atoms with Crippen LogP contribution in [-0.2, 0) is 0 Å². The molecule has 3 N–H and O–H groups in total. The fraction of sp³-hybridized carbons (Fsp3) is 0.182. The molecule has 17 heavy (non-hydrogen) atoms. The Kier molecular flexibility index (Phi) is 2.78. The Bertz CT molecular complexity index is 573. The lowest BCUT2D eigenvalue weighted by Gasteiger charge is -2.09. The number of aryl methyl sites for hydroxylation is 1. The molecule has 0 radical (unpaired) electrons. The molecule has 6 nitrogen and oxygen atoms in total. The van der Waals surface area contributed by atoms with E-state index in [0.717, 1.165) is 17.1 Å². The largest absolute Gasteiger partial charge is 0.409 e. The topological polar surface area (TPSA) is 89.3 Å². The lowest BCUT2D eigenvalue weighted by atomic mass is 10.2. The molecule has 0 amide bonds. The summed E-state index contributed by atoms with van der Waals surface area (Å²) in [4.78, 5) is 8.26. The summed E-state index contributed by atoms with van der Waals surface area (Å²) in [7, 11) is 0. The number of imidazole rings is 1. The minimum absolute atomic E-state index is 0.0492. The van der Waals surface area contributed by atoms with Gasteiger partial charge in [0.15, 0.2) is 5.84 Å². The maximum atomic E-state index is 8.75. The van der Waals surface area contributed by atoms with Crippen molar-refractivity contribution in [2.24, 2.45) is 10.9 Å². The summed E-state index contributed by atoms with van der Waals surface area (Å²) in [5, 5.41) is 11.8. The van der Waals surface area contributed by atoms with Gasteiger partial charge in [0, 0.05) is 17.5 Å². The molecule has 0 unspecified atom stereocenters. The van der Waals surface area contributed by atoms with E-state index in [-0.39, 0.29) is 5.84 Å². The molecule has 2 aromatic rings. The predicted molar refractivity (Wildman–Crippen MR) is 63.3 cm³/mol. The van der Waals surface area contributed by atoms with Crippen molar-refractivity contribution in [3.8, 4) is 5.69 Å². The molecule has 2 heterocycles. The van der Waals surface area contributed by atoms with Crippen molar-refractivity contribution in [1.29, 1.82) is 0 Å². The lowest BCUT2D eigenvalue weighted by molar-refractivity contribution is 0.318. The molecule has 6 heteroatoms. The van der Waals surface area contributed by atoms with Gasteiger partial charge in [0.1, 0.15) is 0 Å². The first kappa shape index (κ1) is 11.1. The number of hydrogen-bond acceptors (Lipinski definition) is 4. The Hall–Kier alpha value is -2.37.